The molecule has 2 rings (SSSR count). The van der Waals surface area contributed by atoms with Crippen molar-refractivity contribution in [2.75, 3.05) is 91.8 Å². The van der Waals surface area contributed by atoms with Crippen LogP contribution in [0.2, 0.25) is 0 Å². The van der Waals surface area contributed by atoms with Crippen molar-refractivity contribution in [3.63, 3.8) is 0 Å². The molecule has 7 nitrogen and oxygen atoms in total. The highest BCUT2D eigenvalue weighted by Gasteiger charge is 2.14. The van der Waals surface area contributed by atoms with E-state index in [2.05, 4.69) is 39.2 Å². The molecule has 0 radical (unpaired) electrons. The maximum Gasteiger partial charge on any atom is 0.191 e. The second-order valence-electron chi connectivity index (χ2n) is 7.12. The molecule has 2 aliphatic heterocycles. The quantitative estimate of drug-likeness (QED) is 0.328. The molecule has 0 aliphatic carbocycles. The van der Waals surface area contributed by atoms with Gasteiger partial charge >= 0.3 is 0 Å². The summed E-state index contributed by atoms with van der Waals surface area (Å²) in [5.74, 6) is 0.956. The van der Waals surface area contributed by atoms with Gasteiger partial charge in [0.15, 0.2) is 5.96 Å². The minimum atomic E-state index is 0.863. The van der Waals surface area contributed by atoms with Gasteiger partial charge in [-0.15, -0.1) is 0 Å². The van der Waals surface area contributed by atoms with Gasteiger partial charge in [-0.3, -0.25) is 9.89 Å². The molecule has 0 saturated carbocycles. The highest BCUT2D eigenvalue weighted by atomic mass is 16.5. The Balaban J connectivity index is 1.54. The summed E-state index contributed by atoms with van der Waals surface area (Å²) in [7, 11) is 0. The third-order valence-electron chi connectivity index (χ3n) is 5.23. The Hall–Kier alpha value is -0.890. The molecule has 0 spiro atoms. The van der Waals surface area contributed by atoms with Crippen molar-refractivity contribution in [3.05, 3.63) is 0 Å². The fraction of sp³-hybridized carbons (Fsp3) is 0.947. The lowest BCUT2D eigenvalue weighted by Gasteiger charge is -2.33. The predicted molar refractivity (Wildman–Crippen MR) is 109 cm³/mol. The Morgan fingerprint density at radius 2 is 1.54 bits per heavy atom. The maximum atomic E-state index is 5.39. The molecule has 0 aromatic rings. The number of aliphatic imine (C=N–C) groups is 1. The molecular formula is C19H40N6O. The molecule has 2 fully saturated rings. The first-order valence-corrected chi connectivity index (χ1v) is 10.6. The highest BCUT2D eigenvalue weighted by Crippen LogP contribution is 2.03. The van der Waals surface area contributed by atoms with Gasteiger partial charge in [0, 0.05) is 65.4 Å². The van der Waals surface area contributed by atoms with Crippen LogP contribution in [0.4, 0.5) is 0 Å². The van der Waals surface area contributed by atoms with Crippen LogP contribution in [0.3, 0.4) is 0 Å². The first-order chi connectivity index (χ1) is 12.8. The van der Waals surface area contributed by atoms with Crippen LogP contribution in [-0.4, -0.2) is 112 Å². The molecule has 2 N–H and O–H groups in total. The van der Waals surface area contributed by atoms with Crippen LogP contribution in [0.5, 0.6) is 0 Å². The summed E-state index contributed by atoms with van der Waals surface area (Å²) in [5, 5.41) is 6.81. The summed E-state index contributed by atoms with van der Waals surface area (Å²) in [5.41, 5.74) is 0. The summed E-state index contributed by atoms with van der Waals surface area (Å²) in [6.07, 6.45) is 2.40. The van der Waals surface area contributed by atoms with Crippen molar-refractivity contribution in [1.82, 2.24) is 25.3 Å². The third-order valence-corrected chi connectivity index (χ3v) is 5.23. The van der Waals surface area contributed by atoms with Crippen molar-refractivity contribution in [2.45, 2.75) is 26.7 Å². The fourth-order valence-corrected chi connectivity index (χ4v) is 3.47. The van der Waals surface area contributed by atoms with Crippen LogP contribution in [0.1, 0.15) is 26.7 Å². The molecule has 2 aliphatic rings. The Morgan fingerprint density at radius 3 is 2.23 bits per heavy atom. The molecule has 26 heavy (non-hydrogen) atoms. The molecular weight excluding hydrogens is 328 g/mol. The van der Waals surface area contributed by atoms with Gasteiger partial charge < -0.3 is 25.2 Å². The summed E-state index contributed by atoms with van der Waals surface area (Å²) in [4.78, 5) is 12.3. The number of morpholine rings is 1. The van der Waals surface area contributed by atoms with E-state index in [4.69, 9.17) is 9.73 Å². The minimum absolute atomic E-state index is 0.863. The van der Waals surface area contributed by atoms with Crippen molar-refractivity contribution in [3.8, 4) is 0 Å². The van der Waals surface area contributed by atoms with Crippen molar-refractivity contribution >= 4 is 5.96 Å². The average Bonchev–Trinajstić information content (AvgIpc) is 2.69. The monoisotopic (exact) mass is 368 g/mol. The molecule has 2 saturated heterocycles. The Bertz CT molecular complexity index is 378. The van der Waals surface area contributed by atoms with E-state index in [1.807, 2.05) is 0 Å². The Morgan fingerprint density at radius 1 is 0.846 bits per heavy atom. The summed E-state index contributed by atoms with van der Waals surface area (Å²) in [6.45, 7) is 19.3. The van der Waals surface area contributed by atoms with Crippen LogP contribution in [-0.2, 0) is 4.74 Å². The first-order valence-electron chi connectivity index (χ1n) is 10.6. The van der Waals surface area contributed by atoms with Crippen LogP contribution in [0, 0.1) is 0 Å². The van der Waals surface area contributed by atoms with Crippen molar-refractivity contribution < 1.29 is 4.74 Å². The van der Waals surface area contributed by atoms with Gasteiger partial charge in [-0.2, -0.15) is 0 Å². The van der Waals surface area contributed by atoms with E-state index in [0.717, 1.165) is 64.9 Å². The molecule has 0 bridgehead atoms. The van der Waals surface area contributed by atoms with E-state index in [9.17, 15) is 0 Å². The van der Waals surface area contributed by atoms with Gasteiger partial charge in [0.25, 0.3) is 0 Å². The smallest absolute Gasteiger partial charge is 0.191 e. The zero-order valence-electron chi connectivity index (χ0n) is 17.0. The van der Waals surface area contributed by atoms with E-state index < -0.39 is 0 Å². The zero-order chi connectivity index (χ0) is 18.5. The van der Waals surface area contributed by atoms with E-state index in [1.165, 1.54) is 45.7 Å². The number of unbranched alkanes of at least 4 members (excludes halogenated alkanes) is 1. The van der Waals surface area contributed by atoms with Gasteiger partial charge in [-0.1, -0.05) is 6.92 Å². The highest BCUT2D eigenvalue weighted by molar-refractivity contribution is 5.79. The fourth-order valence-electron chi connectivity index (χ4n) is 3.47. The minimum Gasteiger partial charge on any atom is -0.379 e. The SMILES string of the molecule is CCNC(=NCCCCN1CCN(CC)CC1)NCCN1CCOCC1. The number of hydrogen-bond acceptors (Lipinski definition) is 5. The number of rotatable bonds is 10. The van der Waals surface area contributed by atoms with Crippen LogP contribution in [0.25, 0.3) is 0 Å². The van der Waals surface area contributed by atoms with Gasteiger partial charge in [-0.05, 0) is 32.9 Å². The third kappa shape index (κ3) is 8.66. The molecule has 0 amide bonds. The van der Waals surface area contributed by atoms with E-state index in [0.29, 0.717) is 0 Å². The lowest BCUT2D eigenvalue weighted by atomic mass is 10.2. The maximum absolute atomic E-state index is 5.39. The van der Waals surface area contributed by atoms with Crippen molar-refractivity contribution in [2.24, 2.45) is 4.99 Å². The lowest BCUT2D eigenvalue weighted by Crippen LogP contribution is -2.46. The van der Waals surface area contributed by atoms with Gasteiger partial charge in [0.05, 0.1) is 13.2 Å². The van der Waals surface area contributed by atoms with Gasteiger partial charge in [0.2, 0.25) is 0 Å². The summed E-state index contributed by atoms with van der Waals surface area (Å²) >= 11 is 0. The Labute approximate surface area is 160 Å². The van der Waals surface area contributed by atoms with E-state index in [-0.39, 0.29) is 0 Å². The normalized spacial score (nSPS) is 21.1. The molecule has 0 unspecified atom stereocenters. The number of ether oxygens (including phenoxy) is 1. The average molecular weight is 369 g/mol. The molecule has 152 valence electrons. The van der Waals surface area contributed by atoms with Crippen molar-refractivity contribution in [1.29, 1.82) is 0 Å². The molecule has 0 aromatic heterocycles. The van der Waals surface area contributed by atoms with Crippen LogP contribution < -0.4 is 10.6 Å². The largest absolute Gasteiger partial charge is 0.379 e. The Kier molecular flexibility index (Phi) is 11.0. The number of hydrogen-bond donors (Lipinski definition) is 2. The standard InChI is InChI=1S/C19H40N6O/c1-3-20-19(22-8-10-25-15-17-26-18-16-25)21-7-5-6-9-24-13-11-23(4-2)12-14-24/h3-18H2,1-2H3,(H2,20,21,22). The van der Waals surface area contributed by atoms with Gasteiger partial charge in [-0.25, -0.2) is 0 Å². The van der Waals surface area contributed by atoms with E-state index >= 15 is 0 Å². The first kappa shape index (κ1) is 21.4. The zero-order valence-corrected chi connectivity index (χ0v) is 17.0. The molecule has 7 heteroatoms. The molecule has 0 aromatic carbocycles. The van der Waals surface area contributed by atoms with Crippen LogP contribution in [0.15, 0.2) is 4.99 Å². The van der Waals surface area contributed by atoms with Crippen LogP contribution >= 0.6 is 0 Å². The number of guanidine groups is 1. The number of likely N-dealkylation sites (N-methyl/N-ethyl adjacent to an activating group) is 1. The second-order valence-corrected chi connectivity index (χ2v) is 7.12. The number of nitrogens with zero attached hydrogens (tertiary/aromatic N) is 4. The summed E-state index contributed by atoms with van der Waals surface area (Å²) in [6, 6.07) is 0. The summed E-state index contributed by atoms with van der Waals surface area (Å²) < 4.78 is 5.39. The second kappa shape index (κ2) is 13.3. The molecule has 2 heterocycles. The van der Waals surface area contributed by atoms with E-state index in [1.54, 1.807) is 0 Å². The number of piperazine rings is 1. The van der Waals surface area contributed by atoms with Gasteiger partial charge in [0.1, 0.15) is 0 Å². The topological polar surface area (TPSA) is 55.4 Å². The lowest BCUT2D eigenvalue weighted by molar-refractivity contribution is 0.0389. The predicted octanol–water partition coefficient (Wildman–Crippen LogP) is 0.291. The molecule has 0 atom stereocenters. The number of nitrogens with one attached hydrogen (secondary N) is 2.